The van der Waals surface area contributed by atoms with Gasteiger partial charge in [0.2, 0.25) is 5.91 Å². The summed E-state index contributed by atoms with van der Waals surface area (Å²) >= 11 is 0. The van der Waals surface area contributed by atoms with Crippen molar-refractivity contribution in [1.29, 1.82) is 0 Å². The summed E-state index contributed by atoms with van der Waals surface area (Å²) < 4.78 is 11.4. The van der Waals surface area contributed by atoms with Gasteiger partial charge in [-0.25, -0.2) is 4.79 Å². The number of aromatic nitrogens is 1. The van der Waals surface area contributed by atoms with Crippen molar-refractivity contribution in [3.05, 3.63) is 22.5 Å². The highest BCUT2D eigenvalue weighted by atomic mass is 16.5. The maximum atomic E-state index is 13.1. The van der Waals surface area contributed by atoms with Crippen LogP contribution < -0.4 is 0 Å². The number of ketones is 1. The van der Waals surface area contributed by atoms with Crippen LogP contribution in [0.3, 0.4) is 0 Å². The summed E-state index contributed by atoms with van der Waals surface area (Å²) in [5.41, 5.74) is 2.10. The highest BCUT2D eigenvalue weighted by Crippen LogP contribution is 2.31. The zero-order chi connectivity index (χ0) is 18.9. The van der Waals surface area contributed by atoms with E-state index >= 15 is 0 Å². The number of rotatable bonds is 7. The van der Waals surface area contributed by atoms with Crippen LogP contribution in [0.5, 0.6) is 0 Å². The summed E-state index contributed by atoms with van der Waals surface area (Å²) in [6.07, 6.45) is 1.79. The molecule has 1 aliphatic carbocycles. The molecule has 0 bridgehead atoms. The van der Waals surface area contributed by atoms with Gasteiger partial charge in [0.25, 0.3) is 0 Å². The van der Waals surface area contributed by atoms with Crippen LogP contribution in [0.2, 0.25) is 0 Å². The second-order valence-electron chi connectivity index (χ2n) is 6.49. The van der Waals surface area contributed by atoms with Gasteiger partial charge >= 0.3 is 5.97 Å². The Kier molecular flexibility index (Phi) is 5.67. The minimum absolute atomic E-state index is 0.0473. The second kappa shape index (κ2) is 7.39. The molecular weight excluding hydrogens is 324 g/mol. The maximum absolute atomic E-state index is 13.1. The Morgan fingerprint density at radius 2 is 1.84 bits per heavy atom. The van der Waals surface area contributed by atoms with Gasteiger partial charge in [-0.2, -0.15) is 0 Å². The summed E-state index contributed by atoms with van der Waals surface area (Å²) in [5, 5.41) is 0. The average molecular weight is 350 g/mol. The molecule has 0 aliphatic heterocycles. The zero-order valence-corrected chi connectivity index (χ0v) is 15.7. The first-order valence-electron chi connectivity index (χ1n) is 8.34. The topological polar surface area (TPSA) is 77.8 Å². The molecule has 0 N–H and O–H groups in total. The smallest absolute Gasteiger partial charge is 0.354 e. The van der Waals surface area contributed by atoms with Crippen molar-refractivity contribution in [1.82, 2.24) is 9.47 Å². The highest BCUT2D eigenvalue weighted by molar-refractivity contribution is 6.06. The molecule has 1 amide bonds. The van der Waals surface area contributed by atoms with E-state index in [0.29, 0.717) is 22.5 Å². The predicted octanol–water partition coefficient (Wildman–Crippen LogP) is 1.64. The lowest BCUT2D eigenvalue weighted by molar-refractivity contribution is -0.137. The molecule has 7 heteroatoms. The van der Waals surface area contributed by atoms with Gasteiger partial charge in [0.05, 0.1) is 13.2 Å². The van der Waals surface area contributed by atoms with Crippen molar-refractivity contribution in [3.63, 3.8) is 0 Å². The van der Waals surface area contributed by atoms with E-state index in [1.807, 2.05) is 0 Å². The predicted molar refractivity (Wildman–Crippen MR) is 91.8 cm³/mol. The molecule has 1 atom stereocenters. The molecule has 0 saturated heterocycles. The summed E-state index contributed by atoms with van der Waals surface area (Å²) in [7, 11) is 4.50. The molecule has 1 heterocycles. The third-order valence-electron chi connectivity index (χ3n) is 4.85. The number of hydrogen-bond acceptors (Lipinski definition) is 5. The van der Waals surface area contributed by atoms with Crippen LogP contribution in [-0.4, -0.2) is 60.0 Å². The van der Waals surface area contributed by atoms with Gasteiger partial charge in [-0.15, -0.1) is 0 Å². The van der Waals surface area contributed by atoms with E-state index < -0.39 is 12.0 Å². The molecule has 138 valence electrons. The van der Waals surface area contributed by atoms with E-state index in [0.717, 1.165) is 12.8 Å². The minimum Gasteiger partial charge on any atom is -0.464 e. The van der Waals surface area contributed by atoms with Gasteiger partial charge in [-0.3, -0.25) is 9.59 Å². The van der Waals surface area contributed by atoms with Crippen LogP contribution in [0.15, 0.2) is 0 Å². The number of nitrogens with zero attached hydrogens (tertiary/aromatic N) is 2. The lowest BCUT2D eigenvalue weighted by Crippen LogP contribution is -2.46. The number of amides is 1. The quantitative estimate of drug-likeness (QED) is 0.552. The first-order valence-corrected chi connectivity index (χ1v) is 8.34. The SMILES string of the molecule is COCC(=O)N(C1CC1)C(C)C(=O)c1c(C)c(C(=O)OC)n(C)c1C. The average Bonchev–Trinajstić information content (AvgIpc) is 3.36. The maximum Gasteiger partial charge on any atom is 0.354 e. The Morgan fingerprint density at radius 1 is 1.24 bits per heavy atom. The Bertz CT molecular complexity index is 703. The summed E-state index contributed by atoms with van der Waals surface area (Å²) in [5.74, 6) is -0.841. The Balaban J connectivity index is 2.39. The number of methoxy groups -OCH3 is 2. The molecular formula is C18H26N2O5. The fraction of sp³-hybridized carbons (Fsp3) is 0.611. The molecule has 25 heavy (non-hydrogen) atoms. The van der Waals surface area contributed by atoms with Crippen molar-refractivity contribution < 1.29 is 23.9 Å². The third kappa shape index (κ3) is 3.46. The van der Waals surface area contributed by atoms with Crippen LogP contribution >= 0.6 is 0 Å². The Labute approximate surface area is 147 Å². The van der Waals surface area contributed by atoms with Gasteiger partial charge in [0, 0.05) is 31.5 Å². The lowest BCUT2D eigenvalue weighted by Gasteiger charge is -2.28. The van der Waals surface area contributed by atoms with E-state index in [9.17, 15) is 14.4 Å². The molecule has 0 aromatic carbocycles. The number of hydrogen-bond donors (Lipinski definition) is 0. The van der Waals surface area contributed by atoms with Crippen molar-refractivity contribution in [2.45, 2.75) is 45.7 Å². The molecule has 1 aromatic heterocycles. The van der Waals surface area contributed by atoms with Crippen LogP contribution in [0.4, 0.5) is 0 Å². The number of Topliss-reactive ketones (excluding diaryl/α,β-unsaturated/α-hetero) is 1. The summed E-state index contributed by atoms with van der Waals surface area (Å²) in [4.78, 5) is 39.2. The van der Waals surface area contributed by atoms with Crippen molar-refractivity contribution >= 4 is 17.7 Å². The molecule has 0 spiro atoms. The first-order chi connectivity index (χ1) is 11.8. The van der Waals surface area contributed by atoms with Crippen LogP contribution in [0.1, 0.15) is 51.9 Å². The Hall–Kier alpha value is -2.15. The largest absolute Gasteiger partial charge is 0.464 e. The van der Waals surface area contributed by atoms with E-state index in [-0.39, 0.29) is 24.3 Å². The van der Waals surface area contributed by atoms with Gasteiger partial charge < -0.3 is 18.9 Å². The lowest BCUT2D eigenvalue weighted by atomic mass is 9.99. The molecule has 1 fully saturated rings. The monoisotopic (exact) mass is 350 g/mol. The molecule has 1 saturated carbocycles. The van der Waals surface area contributed by atoms with Crippen molar-refractivity contribution in [2.75, 3.05) is 20.8 Å². The van der Waals surface area contributed by atoms with Crippen LogP contribution in [0.25, 0.3) is 0 Å². The first kappa shape index (κ1) is 19.2. The summed E-state index contributed by atoms with van der Waals surface area (Å²) in [6, 6.07) is -0.522. The fourth-order valence-corrected chi connectivity index (χ4v) is 3.35. The van der Waals surface area contributed by atoms with Gasteiger partial charge in [-0.1, -0.05) is 0 Å². The van der Waals surface area contributed by atoms with E-state index in [1.165, 1.54) is 14.2 Å². The van der Waals surface area contributed by atoms with Crippen molar-refractivity contribution in [3.8, 4) is 0 Å². The molecule has 1 aromatic rings. The summed E-state index contributed by atoms with van der Waals surface area (Å²) in [6.45, 7) is 5.21. The van der Waals surface area contributed by atoms with Crippen LogP contribution in [-0.2, 0) is 21.3 Å². The van der Waals surface area contributed by atoms with Gasteiger partial charge in [0.1, 0.15) is 12.3 Å². The Morgan fingerprint density at radius 3 is 2.32 bits per heavy atom. The van der Waals surface area contributed by atoms with E-state index in [1.54, 1.807) is 37.3 Å². The molecule has 0 radical (unpaired) electrons. The second-order valence-corrected chi connectivity index (χ2v) is 6.49. The number of carbonyl (C=O) groups excluding carboxylic acids is 3. The van der Waals surface area contributed by atoms with E-state index in [2.05, 4.69) is 0 Å². The van der Waals surface area contributed by atoms with Crippen molar-refractivity contribution in [2.24, 2.45) is 7.05 Å². The number of esters is 1. The molecule has 7 nitrogen and oxygen atoms in total. The zero-order valence-electron chi connectivity index (χ0n) is 15.7. The normalized spacial score (nSPS) is 15.0. The molecule has 1 aliphatic rings. The molecule has 1 unspecified atom stereocenters. The minimum atomic E-state index is -0.611. The number of carbonyl (C=O) groups is 3. The fourth-order valence-electron chi connectivity index (χ4n) is 3.35. The van der Waals surface area contributed by atoms with Gasteiger partial charge in [0.15, 0.2) is 5.78 Å². The van der Waals surface area contributed by atoms with E-state index in [4.69, 9.17) is 9.47 Å². The van der Waals surface area contributed by atoms with Gasteiger partial charge in [-0.05, 0) is 39.2 Å². The standard InChI is InChI=1S/C18H26N2O5/c1-10-15(11(2)19(4)16(10)18(23)25-6)17(22)12(3)20(13-7-8-13)14(21)9-24-5/h12-13H,7-9H2,1-6H3. The highest BCUT2D eigenvalue weighted by Gasteiger charge is 2.39. The number of ether oxygens (including phenoxy) is 2. The molecule has 2 rings (SSSR count). The van der Waals surface area contributed by atoms with Crippen LogP contribution in [0, 0.1) is 13.8 Å². The third-order valence-corrected chi connectivity index (χ3v) is 4.85.